The van der Waals surface area contributed by atoms with E-state index in [4.69, 9.17) is 31.3 Å². The minimum atomic E-state index is -0.193. The minimum absolute atomic E-state index is 0.161. The fourth-order valence-corrected chi connectivity index (χ4v) is 5.24. The van der Waals surface area contributed by atoms with E-state index in [1.165, 1.54) is 5.56 Å². The van der Waals surface area contributed by atoms with Crippen molar-refractivity contribution in [3.63, 3.8) is 0 Å². The van der Waals surface area contributed by atoms with E-state index in [2.05, 4.69) is 12.2 Å². The number of aromatic nitrogens is 3. The van der Waals surface area contributed by atoms with Gasteiger partial charge in [-0.2, -0.15) is 0 Å². The minimum Gasteiger partial charge on any atom is -0.474 e. The number of rotatable bonds is 5. The van der Waals surface area contributed by atoms with Gasteiger partial charge in [0.1, 0.15) is 11.9 Å². The standard InChI is InChI=1S/C26H31ClN4O2/c1-16-12-19(27)5-2-18(16)13-24-29-15-23-25(31-24)22(17-3-6-20(32)7-4-17)14-30-26(23)33-21-8-10-28-11-9-21/h2,5,12,14-15,17,20-21,28,32H,3-4,6-11,13H2,1H3. The van der Waals surface area contributed by atoms with Crippen LogP contribution in [0.2, 0.25) is 5.02 Å². The second-order valence-corrected chi connectivity index (χ2v) is 9.82. The summed E-state index contributed by atoms with van der Waals surface area (Å²) in [7, 11) is 0. The third-order valence-corrected chi connectivity index (χ3v) is 7.25. The fraction of sp³-hybridized carbons (Fsp3) is 0.500. The van der Waals surface area contributed by atoms with E-state index < -0.39 is 0 Å². The van der Waals surface area contributed by atoms with E-state index in [-0.39, 0.29) is 12.2 Å². The summed E-state index contributed by atoms with van der Waals surface area (Å²) < 4.78 is 6.33. The summed E-state index contributed by atoms with van der Waals surface area (Å²) in [6, 6.07) is 5.94. The van der Waals surface area contributed by atoms with Crippen molar-refractivity contribution in [1.29, 1.82) is 0 Å². The lowest BCUT2D eigenvalue weighted by atomic mass is 9.82. The van der Waals surface area contributed by atoms with Crippen molar-refractivity contribution < 1.29 is 9.84 Å². The monoisotopic (exact) mass is 466 g/mol. The van der Waals surface area contributed by atoms with Crippen LogP contribution in [0.4, 0.5) is 0 Å². The maximum atomic E-state index is 9.99. The van der Waals surface area contributed by atoms with Gasteiger partial charge < -0.3 is 15.2 Å². The first-order chi connectivity index (χ1) is 16.1. The Morgan fingerprint density at radius 2 is 1.85 bits per heavy atom. The number of aryl methyl sites for hydroxylation is 1. The largest absolute Gasteiger partial charge is 0.474 e. The number of nitrogens with one attached hydrogen (secondary N) is 1. The highest BCUT2D eigenvalue weighted by Crippen LogP contribution is 2.38. The van der Waals surface area contributed by atoms with Crippen LogP contribution in [-0.4, -0.2) is 45.4 Å². The third-order valence-electron chi connectivity index (χ3n) is 7.02. The smallest absolute Gasteiger partial charge is 0.224 e. The van der Waals surface area contributed by atoms with Crippen LogP contribution in [0.1, 0.15) is 67.0 Å². The van der Waals surface area contributed by atoms with E-state index in [0.29, 0.717) is 18.2 Å². The molecule has 2 fully saturated rings. The molecule has 1 aromatic carbocycles. The molecule has 7 heteroatoms. The summed E-state index contributed by atoms with van der Waals surface area (Å²) >= 11 is 6.14. The molecule has 3 heterocycles. The lowest BCUT2D eigenvalue weighted by molar-refractivity contribution is 0.122. The Labute approximate surface area is 199 Å². The molecule has 2 N–H and O–H groups in total. The molecule has 1 saturated carbocycles. The molecule has 0 spiro atoms. The zero-order valence-electron chi connectivity index (χ0n) is 19.1. The first kappa shape index (κ1) is 22.5. The molecule has 0 amide bonds. The maximum absolute atomic E-state index is 9.99. The highest BCUT2D eigenvalue weighted by Gasteiger charge is 2.25. The van der Waals surface area contributed by atoms with Gasteiger partial charge in [-0.1, -0.05) is 17.7 Å². The normalized spacial score (nSPS) is 21.9. The van der Waals surface area contributed by atoms with Crippen LogP contribution < -0.4 is 10.1 Å². The topological polar surface area (TPSA) is 80.2 Å². The van der Waals surface area contributed by atoms with Gasteiger partial charge in [0.15, 0.2) is 0 Å². The number of aliphatic hydroxyl groups is 1. The molecule has 6 nitrogen and oxygen atoms in total. The van der Waals surface area contributed by atoms with Gasteiger partial charge in [0.25, 0.3) is 0 Å². The second-order valence-electron chi connectivity index (χ2n) is 9.39. The van der Waals surface area contributed by atoms with Crippen molar-refractivity contribution in [2.24, 2.45) is 0 Å². The Hall–Kier alpha value is -2.28. The van der Waals surface area contributed by atoms with Crippen LogP contribution in [0.3, 0.4) is 0 Å². The average Bonchev–Trinajstić information content (AvgIpc) is 2.82. The number of benzene rings is 1. The van der Waals surface area contributed by atoms with E-state index in [1.807, 2.05) is 30.6 Å². The summed E-state index contributed by atoms with van der Waals surface area (Å²) in [5.74, 6) is 1.76. The number of halogens is 1. The average molecular weight is 467 g/mol. The van der Waals surface area contributed by atoms with Crippen molar-refractivity contribution in [2.75, 3.05) is 13.1 Å². The molecule has 0 radical (unpaired) electrons. The number of pyridine rings is 1. The Kier molecular flexibility index (Phi) is 6.76. The zero-order chi connectivity index (χ0) is 22.8. The highest BCUT2D eigenvalue weighted by atomic mass is 35.5. The molecule has 33 heavy (non-hydrogen) atoms. The highest BCUT2D eigenvalue weighted by molar-refractivity contribution is 6.30. The van der Waals surface area contributed by atoms with Crippen LogP contribution in [0.25, 0.3) is 10.9 Å². The van der Waals surface area contributed by atoms with Gasteiger partial charge in [0.2, 0.25) is 5.88 Å². The van der Waals surface area contributed by atoms with Gasteiger partial charge in [0.05, 0.1) is 17.0 Å². The molecule has 0 atom stereocenters. The Balaban J connectivity index is 1.51. The van der Waals surface area contributed by atoms with Crippen molar-refractivity contribution in [3.8, 4) is 5.88 Å². The Morgan fingerprint density at radius 3 is 2.61 bits per heavy atom. The predicted octanol–water partition coefficient (Wildman–Crippen LogP) is 4.73. The van der Waals surface area contributed by atoms with Crippen molar-refractivity contribution in [1.82, 2.24) is 20.3 Å². The molecule has 0 bridgehead atoms. The number of nitrogens with zero attached hydrogens (tertiary/aromatic N) is 3. The van der Waals surface area contributed by atoms with Gasteiger partial charge in [0, 0.05) is 29.4 Å². The van der Waals surface area contributed by atoms with E-state index in [1.54, 1.807) is 0 Å². The van der Waals surface area contributed by atoms with E-state index >= 15 is 0 Å². The Bertz CT molecular complexity index is 1120. The molecule has 0 unspecified atom stereocenters. The second kappa shape index (κ2) is 9.92. The number of fused-ring (bicyclic) bond motifs is 1. The van der Waals surface area contributed by atoms with Crippen molar-refractivity contribution >= 4 is 22.5 Å². The molecule has 2 aromatic heterocycles. The quantitative estimate of drug-likeness (QED) is 0.566. The van der Waals surface area contributed by atoms with Gasteiger partial charge >= 0.3 is 0 Å². The first-order valence-electron chi connectivity index (χ1n) is 12.0. The van der Waals surface area contributed by atoms with Crippen LogP contribution >= 0.6 is 11.6 Å². The number of hydrogen-bond acceptors (Lipinski definition) is 6. The number of ether oxygens (including phenoxy) is 1. The predicted molar refractivity (Wildman–Crippen MR) is 130 cm³/mol. The molecular formula is C26H31ClN4O2. The van der Waals surface area contributed by atoms with Crippen LogP contribution in [0.5, 0.6) is 5.88 Å². The van der Waals surface area contributed by atoms with Crippen molar-refractivity contribution in [2.45, 2.75) is 70.0 Å². The number of hydrogen-bond donors (Lipinski definition) is 2. The summed E-state index contributed by atoms with van der Waals surface area (Å²) in [6.45, 7) is 3.99. The fourth-order valence-electron chi connectivity index (χ4n) is 5.02. The van der Waals surface area contributed by atoms with E-state index in [0.717, 1.165) is 84.5 Å². The number of aliphatic hydroxyl groups excluding tert-OH is 1. The van der Waals surface area contributed by atoms with Crippen LogP contribution in [0, 0.1) is 6.92 Å². The first-order valence-corrected chi connectivity index (χ1v) is 12.4. The SMILES string of the molecule is Cc1cc(Cl)ccc1Cc1ncc2c(OC3CCNCC3)ncc(C3CCC(O)CC3)c2n1. The van der Waals surface area contributed by atoms with Gasteiger partial charge in [-0.15, -0.1) is 0 Å². The third kappa shape index (κ3) is 5.13. The molecule has 1 saturated heterocycles. The lowest BCUT2D eigenvalue weighted by Crippen LogP contribution is -2.34. The van der Waals surface area contributed by atoms with Gasteiger partial charge in [-0.3, -0.25) is 0 Å². The molecule has 5 rings (SSSR count). The zero-order valence-corrected chi connectivity index (χ0v) is 19.8. The summed E-state index contributed by atoms with van der Waals surface area (Å²) in [5.41, 5.74) is 4.39. The van der Waals surface area contributed by atoms with E-state index in [9.17, 15) is 5.11 Å². The van der Waals surface area contributed by atoms with Gasteiger partial charge in [-0.25, -0.2) is 15.0 Å². The summed E-state index contributed by atoms with van der Waals surface area (Å²) in [6.07, 6.45) is 9.93. The molecule has 1 aliphatic heterocycles. The van der Waals surface area contributed by atoms with Crippen LogP contribution in [0.15, 0.2) is 30.6 Å². The molecule has 174 valence electrons. The molecule has 3 aromatic rings. The molecular weight excluding hydrogens is 436 g/mol. The van der Waals surface area contributed by atoms with Crippen molar-refractivity contribution in [3.05, 3.63) is 58.1 Å². The van der Waals surface area contributed by atoms with Crippen LogP contribution in [-0.2, 0) is 6.42 Å². The summed E-state index contributed by atoms with van der Waals surface area (Å²) in [5, 5.41) is 15.0. The molecule has 1 aliphatic carbocycles. The molecule has 2 aliphatic rings. The number of piperidine rings is 1. The summed E-state index contributed by atoms with van der Waals surface area (Å²) in [4.78, 5) is 14.5. The maximum Gasteiger partial charge on any atom is 0.224 e. The Morgan fingerprint density at radius 1 is 1.06 bits per heavy atom. The van der Waals surface area contributed by atoms with Gasteiger partial charge in [-0.05, 0) is 87.7 Å². The lowest BCUT2D eigenvalue weighted by Gasteiger charge is -2.27.